The SMILES string of the molecule is [2H]C([2H])([2H])N(C(=O)c1ccnn1C)c1ccc(-c2ccc3cc(C)ccc3n2)cc1C. The summed E-state index contributed by atoms with van der Waals surface area (Å²) < 4.78 is 25.2. The number of pyridine rings is 1. The van der Waals surface area contributed by atoms with E-state index in [1.54, 1.807) is 26.1 Å². The van der Waals surface area contributed by atoms with E-state index in [0.717, 1.165) is 27.1 Å². The Morgan fingerprint density at radius 1 is 1.07 bits per heavy atom. The van der Waals surface area contributed by atoms with Crippen LogP contribution in [0.3, 0.4) is 0 Å². The molecule has 0 spiro atoms. The summed E-state index contributed by atoms with van der Waals surface area (Å²) in [6.07, 6.45) is 1.47. The van der Waals surface area contributed by atoms with Crippen molar-refractivity contribution in [1.82, 2.24) is 14.8 Å². The van der Waals surface area contributed by atoms with E-state index in [4.69, 9.17) is 9.10 Å². The maximum atomic E-state index is 13.0. The summed E-state index contributed by atoms with van der Waals surface area (Å²) in [6.45, 7) is 1.18. The first-order chi connectivity index (χ1) is 14.6. The van der Waals surface area contributed by atoms with Gasteiger partial charge in [-0.1, -0.05) is 23.8 Å². The van der Waals surface area contributed by atoms with Gasteiger partial charge in [-0.3, -0.25) is 9.48 Å². The lowest BCUT2D eigenvalue weighted by Crippen LogP contribution is -2.28. The highest BCUT2D eigenvalue weighted by molar-refractivity contribution is 6.05. The van der Waals surface area contributed by atoms with E-state index >= 15 is 0 Å². The third-order valence-corrected chi connectivity index (χ3v) is 4.82. The Morgan fingerprint density at radius 3 is 2.64 bits per heavy atom. The number of nitrogens with zero attached hydrogens (tertiary/aromatic N) is 4. The number of anilines is 1. The molecule has 0 unspecified atom stereocenters. The first-order valence-corrected chi connectivity index (χ1v) is 8.96. The normalized spacial score (nSPS) is 13.0. The fourth-order valence-electron chi connectivity index (χ4n) is 3.28. The van der Waals surface area contributed by atoms with E-state index in [9.17, 15) is 4.79 Å². The van der Waals surface area contributed by atoms with Gasteiger partial charge in [-0.05, 0) is 55.8 Å². The van der Waals surface area contributed by atoms with Crippen molar-refractivity contribution >= 4 is 22.5 Å². The van der Waals surface area contributed by atoms with Gasteiger partial charge in [-0.25, -0.2) is 4.98 Å². The van der Waals surface area contributed by atoms with Gasteiger partial charge in [0.15, 0.2) is 0 Å². The quantitative estimate of drug-likeness (QED) is 0.530. The van der Waals surface area contributed by atoms with Crippen molar-refractivity contribution in [2.75, 3.05) is 11.9 Å². The Hall–Kier alpha value is -3.47. The molecule has 2 heterocycles. The highest BCUT2D eigenvalue weighted by atomic mass is 16.2. The van der Waals surface area contributed by atoms with Gasteiger partial charge in [0, 0.05) is 41.0 Å². The number of rotatable bonds is 3. The van der Waals surface area contributed by atoms with Crippen LogP contribution >= 0.6 is 0 Å². The molecule has 0 aliphatic heterocycles. The monoisotopic (exact) mass is 373 g/mol. The fourth-order valence-corrected chi connectivity index (χ4v) is 3.28. The van der Waals surface area contributed by atoms with E-state index < -0.39 is 12.9 Å². The molecule has 0 saturated heterocycles. The van der Waals surface area contributed by atoms with Crippen LogP contribution < -0.4 is 4.90 Å². The molecule has 5 nitrogen and oxygen atoms in total. The van der Waals surface area contributed by atoms with E-state index in [1.807, 2.05) is 37.3 Å². The summed E-state index contributed by atoms with van der Waals surface area (Å²) in [5.74, 6) is -0.630. The average Bonchev–Trinajstić information content (AvgIpc) is 3.14. The van der Waals surface area contributed by atoms with Crippen LogP contribution in [-0.4, -0.2) is 27.6 Å². The number of fused-ring (bicyclic) bond motifs is 1. The Bertz CT molecular complexity index is 1290. The summed E-state index contributed by atoms with van der Waals surface area (Å²) in [5, 5.41) is 5.04. The van der Waals surface area contributed by atoms with Crippen molar-refractivity contribution in [3.8, 4) is 11.3 Å². The third kappa shape index (κ3) is 3.16. The van der Waals surface area contributed by atoms with Crippen LogP contribution in [0.5, 0.6) is 0 Å². The number of carbonyl (C=O) groups excluding carboxylic acids is 1. The first-order valence-electron chi connectivity index (χ1n) is 10.5. The van der Waals surface area contributed by atoms with Gasteiger partial charge >= 0.3 is 0 Å². The van der Waals surface area contributed by atoms with Crippen LogP contribution in [0.15, 0.2) is 60.8 Å². The van der Waals surface area contributed by atoms with Crippen LogP contribution in [0.1, 0.15) is 25.7 Å². The standard InChI is InChI=1S/C23H22N4O/c1-15-5-8-19-17(13-15)6-9-20(25-19)18-7-10-21(16(2)14-18)26(3)23(28)22-11-12-24-27(22)4/h5-14H,1-4H3/i3D3. The van der Waals surface area contributed by atoms with E-state index in [0.29, 0.717) is 11.3 Å². The molecular formula is C23H22N4O. The van der Waals surface area contributed by atoms with E-state index in [2.05, 4.69) is 11.2 Å². The Kier molecular flexibility index (Phi) is 3.60. The van der Waals surface area contributed by atoms with Gasteiger partial charge < -0.3 is 4.90 Å². The van der Waals surface area contributed by atoms with Crippen LogP contribution in [0.4, 0.5) is 5.69 Å². The van der Waals surface area contributed by atoms with Gasteiger partial charge in [0.1, 0.15) is 5.69 Å². The minimum atomic E-state index is -2.65. The molecule has 0 aliphatic rings. The Labute approximate surface area is 168 Å². The van der Waals surface area contributed by atoms with Crippen molar-refractivity contribution in [3.63, 3.8) is 0 Å². The Morgan fingerprint density at radius 2 is 1.93 bits per heavy atom. The molecule has 2 aromatic carbocycles. The molecule has 0 N–H and O–H groups in total. The van der Waals surface area contributed by atoms with Crippen LogP contribution in [-0.2, 0) is 7.05 Å². The molecule has 28 heavy (non-hydrogen) atoms. The minimum Gasteiger partial charge on any atom is -0.310 e. The van der Waals surface area contributed by atoms with E-state index in [1.165, 1.54) is 22.5 Å². The van der Waals surface area contributed by atoms with Crippen LogP contribution in [0.25, 0.3) is 22.2 Å². The lowest BCUT2D eigenvalue weighted by atomic mass is 10.0. The van der Waals surface area contributed by atoms with Gasteiger partial charge in [-0.2, -0.15) is 5.10 Å². The molecular weight excluding hydrogens is 348 g/mol. The van der Waals surface area contributed by atoms with E-state index in [-0.39, 0.29) is 5.69 Å². The fraction of sp³-hybridized carbons (Fsp3) is 0.174. The van der Waals surface area contributed by atoms with Crippen molar-refractivity contribution < 1.29 is 8.91 Å². The first kappa shape index (κ1) is 14.6. The molecule has 4 rings (SSSR count). The second-order valence-corrected chi connectivity index (χ2v) is 6.87. The van der Waals surface area contributed by atoms with Crippen molar-refractivity contribution in [2.24, 2.45) is 7.05 Å². The zero-order valence-corrected chi connectivity index (χ0v) is 16.0. The maximum absolute atomic E-state index is 13.0. The Balaban J connectivity index is 1.75. The number of hydrogen-bond acceptors (Lipinski definition) is 3. The van der Waals surface area contributed by atoms with Crippen molar-refractivity contribution in [2.45, 2.75) is 13.8 Å². The predicted molar refractivity (Wildman–Crippen MR) is 113 cm³/mol. The molecule has 4 aromatic rings. The van der Waals surface area contributed by atoms with Gasteiger partial charge in [0.2, 0.25) is 0 Å². The molecule has 0 bridgehead atoms. The molecule has 0 radical (unpaired) electrons. The summed E-state index contributed by atoms with van der Waals surface area (Å²) in [6, 6.07) is 16.9. The molecule has 0 saturated carbocycles. The van der Waals surface area contributed by atoms with Crippen LogP contribution in [0.2, 0.25) is 0 Å². The lowest BCUT2D eigenvalue weighted by molar-refractivity contribution is 0.0984. The summed E-state index contributed by atoms with van der Waals surface area (Å²) in [5.41, 5.74) is 4.88. The second kappa shape index (κ2) is 6.93. The lowest BCUT2D eigenvalue weighted by Gasteiger charge is -2.20. The third-order valence-electron chi connectivity index (χ3n) is 4.82. The number of carbonyl (C=O) groups is 1. The molecule has 0 atom stereocenters. The van der Waals surface area contributed by atoms with Gasteiger partial charge in [0.25, 0.3) is 5.91 Å². The molecule has 0 fully saturated rings. The summed E-state index contributed by atoms with van der Waals surface area (Å²) in [7, 11) is 1.60. The second-order valence-electron chi connectivity index (χ2n) is 6.87. The number of aromatic nitrogens is 3. The predicted octanol–water partition coefficient (Wildman–Crippen LogP) is 4.53. The highest BCUT2D eigenvalue weighted by Crippen LogP contribution is 2.28. The zero-order valence-electron chi connectivity index (χ0n) is 19.0. The minimum absolute atomic E-state index is 0.200. The van der Waals surface area contributed by atoms with Crippen LogP contribution in [0, 0.1) is 13.8 Å². The number of amides is 1. The highest BCUT2D eigenvalue weighted by Gasteiger charge is 2.18. The maximum Gasteiger partial charge on any atom is 0.276 e. The summed E-state index contributed by atoms with van der Waals surface area (Å²) >= 11 is 0. The molecule has 5 heteroatoms. The smallest absolute Gasteiger partial charge is 0.276 e. The van der Waals surface area contributed by atoms with Crippen molar-refractivity contribution in [1.29, 1.82) is 0 Å². The van der Waals surface area contributed by atoms with Gasteiger partial charge in [0.05, 0.1) is 11.2 Å². The topological polar surface area (TPSA) is 51.0 Å². The van der Waals surface area contributed by atoms with Crippen molar-refractivity contribution in [3.05, 3.63) is 77.6 Å². The summed E-state index contributed by atoms with van der Waals surface area (Å²) in [4.78, 5) is 18.6. The molecule has 0 aliphatic carbocycles. The number of aryl methyl sites for hydroxylation is 3. The average molecular weight is 373 g/mol. The zero-order chi connectivity index (χ0) is 22.3. The largest absolute Gasteiger partial charge is 0.310 e. The molecule has 1 amide bonds. The molecule has 140 valence electrons. The number of benzene rings is 2. The van der Waals surface area contributed by atoms with Gasteiger partial charge in [-0.15, -0.1) is 0 Å². The molecule has 2 aromatic heterocycles. The number of hydrogen-bond donors (Lipinski definition) is 0.